The number of nitrogens with zero attached hydrogens (tertiary/aromatic N) is 2. The van der Waals surface area contributed by atoms with Gasteiger partial charge < -0.3 is 26.6 Å². The van der Waals surface area contributed by atoms with Crippen molar-refractivity contribution < 1.29 is 60.5 Å². The second-order valence-electron chi connectivity index (χ2n) is 9.15. The van der Waals surface area contributed by atoms with Gasteiger partial charge in [-0.25, -0.2) is 9.59 Å². The molecule has 1 fully saturated rings. The van der Waals surface area contributed by atoms with Gasteiger partial charge in [-0.3, -0.25) is 24.2 Å². The van der Waals surface area contributed by atoms with E-state index in [9.17, 15) is 40.7 Å². The lowest BCUT2D eigenvalue weighted by atomic mass is 10.0. The van der Waals surface area contributed by atoms with Crippen LogP contribution >= 0.6 is 0 Å². The van der Waals surface area contributed by atoms with Crippen LogP contribution in [0.3, 0.4) is 0 Å². The van der Waals surface area contributed by atoms with Crippen molar-refractivity contribution in [1.82, 2.24) is 10.2 Å². The minimum absolute atomic E-state index is 0.0146. The first-order chi connectivity index (χ1) is 20.4. The molecule has 0 atom stereocenters. The zero-order valence-electron chi connectivity index (χ0n) is 22.6. The molecule has 240 valence electrons. The third-order valence-electron chi connectivity index (χ3n) is 6.01. The Hall–Kier alpha value is -4.71. The average molecular weight is 636 g/mol. The molecule has 18 heteroatoms. The van der Waals surface area contributed by atoms with E-state index >= 15 is 0 Å². The number of carboxylic acid groups (broad SMARTS) is 2. The fraction of sp³-hybridized carbons (Fsp3) is 0.346. The van der Waals surface area contributed by atoms with Gasteiger partial charge >= 0.3 is 24.3 Å². The van der Waals surface area contributed by atoms with E-state index in [1.54, 1.807) is 29.2 Å². The zero-order valence-corrected chi connectivity index (χ0v) is 22.6. The molecule has 0 spiro atoms. The average Bonchev–Trinajstić information content (AvgIpc) is 3.07. The largest absolute Gasteiger partial charge is 0.490 e. The van der Waals surface area contributed by atoms with E-state index in [-0.39, 0.29) is 36.9 Å². The van der Waals surface area contributed by atoms with E-state index in [4.69, 9.17) is 25.5 Å². The van der Waals surface area contributed by atoms with Crippen LogP contribution in [-0.4, -0.2) is 89.3 Å². The number of amides is 3. The molecule has 0 aromatic heterocycles. The summed E-state index contributed by atoms with van der Waals surface area (Å²) in [6, 6.07) is 14.5. The molecule has 0 aliphatic carbocycles. The molecule has 44 heavy (non-hydrogen) atoms. The Morgan fingerprint density at radius 1 is 0.864 bits per heavy atom. The van der Waals surface area contributed by atoms with Gasteiger partial charge in [0, 0.05) is 19.1 Å². The lowest BCUT2D eigenvalue weighted by molar-refractivity contribution is -0.193. The maximum Gasteiger partial charge on any atom is 0.490 e. The summed E-state index contributed by atoms with van der Waals surface area (Å²) >= 11 is 0. The number of hydrogen-bond donors (Lipinski definition) is 5. The first kappa shape index (κ1) is 35.5. The minimum Gasteiger partial charge on any atom is -0.475 e. The van der Waals surface area contributed by atoms with Gasteiger partial charge in [-0.2, -0.15) is 26.3 Å². The molecule has 2 aliphatic heterocycles. The van der Waals surface area contributed by atoms with Gasteiger partial charge in [0.1, 0.15) is 0 Å². The number of piperidine rings is 1. The van der Waals surface area contributed by atoms with Crippen LogP contribution in [0.2, 0.25) is 0 Å². The summed E-state index contributed by atoms with van der Waals surface area (Å²) in [5.74, 6) is -6.00. The number of hydrogen-bond acceptors (Lipinski definition) is 7. The van der Waals surface area contributed by atoms with Crippen molar-refractivity contribution in [3.63, 3.8) is 0 Å². The predicted molar refractivity (Wildman–Crippen MR) is 142 cm³/mol. The third kappa shape index (κ3) is 10.2. The molecule has 3 amide bonds. The maximum absolute atomic E-state index is 13.4. The van der Waals surface area contributed by atoms with Crippen molar-refractivity contribution in [2.75, 3.05) is 36.4 Å². The van der Waals surface area contributed by atoms with Crippen LogP contribution in [0.1, 0.15) is 23.2 Å². The lowest BCUT2D eigenvalue weighted by Gasteiger charge is -2.33. The first-order valence-corrected chi connectivity index (χ1v) is 12.6. The molecular weight excluding hydrogens is 608 g/mol. The smallest absolute Gasteiger partial charge is 0.475 e. The van der Waals surface area contributed by atoms with E-state index in [2.05, 4.69) is 15.5 Å². The number of benzene rings is 2. The first-order valence-electron chi connectivity index (χ1n) is 12.6. The van der Waals surface area contributed by atoms with Crippen LogP contribution in [0.15, 0.2) is 48.5 Å². The molecule has 6 N–H and O–H groups in total. The van der Waals surface area contributed by atoms with Crippen molar-refractivity contribution >= 4 is 46.7 Å². The van der Waals surface area contributed by atoms with E-state index in [1.165, 1.54) is 0 Å². The SMILES string of the molecule is NCC(=O)NC1CCN(CC(=O)N2c3ccccc3NC(=O)c3ccccc32)CC1.O=C(O)C(F)(F)F.O=C(O)C(F)(F)F. The van der Waals surface area contributed by atoms with Gasteiger partial charge in [-0.1, -0.05) is 24.3 Å². The molecule has 2 heterocycles. The molecule has 2 aromatic rings. The Kier molecular flexibility index (Phi) is 12.2. The van der Waals surface area contributed by atoms with E-state index in [1.807, 2.05) is 24.3 Å². The van der Waals surface area contributed by atoms with E-state index in [0.717, 1.165) is 12.8 Å². The highest BCUT2D eigenvalue weighted by molar-refractivity contribution is 6.17. The number of alkyl halides is 6. The van der Waals surface area contributed by atoms with Crippen LogP contribution in [0.25, 0.3) is 0 Å². The molecule has 2 aromatic carbocycles. The van der Waals surface area contributed by atoms with Gasteiger partial charge in [-0.15, -0.1) is 0 Å². The van der Waals surface area contributed by atoms with Crippen molar-refractivity contribution in [3.05, 3.63) is 54.1 Å². The molecule has 0 radical (unpaired) electrons. The van der Waals surface area contributed by atoms with Crippen molar-refractivity contribution in [2.24, 2.45) is 5.73 Å². The van der Waals surface area contributed by atoms with Gasteiger partial charge in [-0.05, 0) is 37.1 Å². The Morgan fingerprint density at radius 2 is 1.34 bits per heavy atom. The number of para-hydroxylation sites is 3. The van der Waals surface area contributed by atoms with Gasteiger partial charge in [0.2, 0.25) is 11.8 Å². The minimum atomic E-state index is -5.08. The number of aliphatic carboxylic acids is 2. The summed E-state index contributed by atoms with van der Waals surface area (Å²) in [7, 11) is 0. The molecular formula is C26H27F6N5O7. The Bertz CT molecular complexity index is 1340. The fourth-order valence-corrected chi connectivity index (χ4v) is 4.01. The maximum atomic E-state index is 13.4. The van der Waals surface area contributed by atoms with Gasteiger partial charge in [0.05, 0.1) is 35.7 Å². The summed E-state index contributed by atoms with van der Waals surface area (Å²) in [5.41, 5.74) is 7.67. The Balaban J connectivity index is 0.000000402. The van der Waals surface area contributed by atoms with Crippen LogP contribution in [-0.2, 0) is 19.2 Å². The standard InChI is InChI=1S/C22H25N5O3.2C2HF3O2/c23-13-20(28)24-15-9-11-26(12-10-15)14-21(29)27-18-7-3-1-5-16(18)22(30)25-17-6-2-4-8-19(17)27;2*3-2(4,5)1(6)7/h1-8,15H,9-14,23H2,(H,24,28)(H,25,30);2*(H,6,7). The molecule has 12 nitrogen and oxygen atoms in total. The number of carbonyl (C=O) groups excluding carboxylic acids is 3. The number of carboxylic acids is 2. The molecule has 2 aliphatic rings. The summed E-state index contributed by atoms with van der Waals surface area (Å²) in [6.45, 7) is 1.62. The highest BCUT2D eigenvalue weighted by Crippen LogP contribution is 2.37. The van der Waals surface area contributed by atoms with Crippen LogP contribution in [0, 0.1) is 0 Å². The molecule has 4 rings (SSSR count). The Morgan fingerprint density at radius 3 is 1.84 bits per heavy atom. The summed E-state index contributed by atoms with van der Waals surface area (Å²) < 4.78 is 63.5. The van der Waals surface area contributed by atoms with Gasteiger partial charge in [0.25, 0.3) is 5.91 Å². The number of likely N-dealkylation sites (tertiary alicyclic amines) is 1. The van der Waals surface area contributed by atoms with Crippen LogP contribution in [0.5, 0.6) is 0 Å². The summed E-state index contributed by atoms with van der Waals surface area (Å²) in [6.07, 6.45) is -8.63. The number of halogens is 6. The number of anilines is 3. The third-order valence-corrected chi connectivity index (χ3v) is 6.01. The van der Waals surface area contributed by atoms with Crippen molar-refractivity contribution in [1.29, 1.82) is 0 Å². The monoisotopic (exact) mass is 635 g/mol. The van der Waals surface area contributed by atoms with E-state index in [0.29, 0.717) is 35.7 Å². The second-order valence-corrected chi connectivity index (χ2v) is 9.15. The highest BCUT2D eigenvalue weighted by atomic mass is 19.4. The summed E-state index contributed by atoms with van der Waals surface area (Å²) in [5, 5.41) is 20.1. The molecule has 1 saturated heterocycles. The number of nitrogens with two attached hydrogens (primary N) is 1. The van der Waals surface area contributed by atoms with Crippen molar-refractivity contribution in [2.45, 2.75) is 31.2 Å². The number of fused-ring (bicyclic) bond motifs is 2. The zero-order chi connectivity index (χ0) is 33.2. The fourth-order valence-electron chi connectivity index (χ4n) is 4.01. The molecule has 0 saturated carbocycles. The number of nitrogens with one attached hydrogen (secondary N) is 2. The highest BCUT2D eigenvalue weighted by Gasteiger charge is 2.39. The Labute approximate surface area is 245 Å². The van der Waals surface area contributed by atoms with Crippen molar-refractivity contribution in [3.8, 4) is 0 Å². The number of rotatable bonds is 4. The molecule has 0 unspecified atom stereocenters. The quantitative estimate of drug-likeness (QED) is 0.316. The molecule has 0 bridgehead atoms. The predicted octanol–water partition coefficient (Wildman–Crippen LogP) is 2.72. The van der Waals surface area contributed by atoms with Crippen LogP contribution < -0.4 is 21.3 Å². The number of carbonyl (C=O) groups is 5. The second kappa shape index (κ2) is 15.1. The summed E-state index contributed by atoms with van der Waals surface area (Å²) in [4.78, 5) is 59.1. The topological polar surface area (TPSA) is 182 Å². The van der Waals surface area contributed by atoms with E-state index < -0.39 is 24.3 Å². The normalized spacial score (nSPS) is 15.1. The van der Waals surface area contributed by atoms with Crippen LogP contribution in [0.4, 0.5) is 43.4 Å². The van der Waals surface area contributed by atoms with Gasteiger partial charge in [0.15, 0.2) is 0 Å². The lowest BCUT2D eigenvalue weighted by Crippen LogP contribution is -2.48.